The fourth-order valence-electron chi connectivity index (χ4n) is 3.28. The number of hydrogen-bond donors (Lipinski definition) is 0. The first kappa shape index (κ1) is 18.9. The van der Waals surface area contributed by atoms with Crippen LogP contribution in [0.1, 0.15) is 36.0 Å². The van der Waals surface area contributed by atoms with Gasteiger partial charge >= 0.3 is 0 Å². The Balaban J connectivity index is 1.60. The summed E-state index contributed by atoms with van der Waals surface area (Å²) < 4.78 is 0. The van der Waals surface area contributed by atoms with Gasteiger partial charge in [0.25, 0.3) is 5.91 Å². The van der Waals surface area contributed by atoms with Crippen LogP contribution in [0.25, 0.3) is 11.5 Å². The van der Waals surface area contributed by atoms with Crippen LogP contribution in [0.15, 0.2) is 36.8 Å². The largest absolute Gasteiger partial charge is 0.349 e. The van der Waals surface area contributed by atoms with E-state index in [9.17, 15) is 9.59 Å². The molecule has 142 valence electrons. The van der Waals surface area contributed by atoms with Gasteiger partial charge in [0.15, 0.2) is 5.82 Å². The maximum absolute atomic E-state index is 12.8. The van der Waals surface area contributed by atoms with Gasteiger partial charge in [-0.1, -0.05) is 6.07 Å². The second-order valence-corrected chi connectivity index (χ2v) is 7.10. The Morgan fingerprint density at radius 3 is 2.63 bits per heavy atom. The van der Waals surface area contributed by atoms with Crippen molar-refractivity contribution >= 4 is 11.8 Å². The molecule has 1 atom stereocenters. The lowest BCUT2D eigenvalue weighted by atomic mass is 9.93. The van der Waals surface area contributed by atoms with Crippen LogP contribution >= 0.6 is 0 Å². The molecule has 2 aromatic rings. The zero-order valence-electron chi connectivity index (χ0n) is 15.8. The molecule has 1 fully saturated rings. The van der Waals surface area contributed by atoms with Gasteiger partial charge in [-0.25, -0.2) is 9.97 Å². The van der Waals surface area contributed by atoms with Gasteiger partial charge in [-0.05, 0) is 37.3 Å². The standard InChI is InChI=1S/C20H25N5O2/c1-24(2)18(26)9-8-15-6-5-11-25(14-15)20(27)16-12-22-19(23-13-16)17-7-3-4-10-21-17/h3-4,7,10,12-13,15H,5-6,8-9,11,14H2,1-2H3/t15-/m1/s1. The number of piperidine rings is 1. The molecule has 7 nitrogen and oxygen atoms in total. The van der Waals surface area contributed by atoms with Gasteiger partial charge in [0.1, 0.15) is 5.69 Å². The van der Waals surface area contributed by atoms with Crippen molar-refractivity contribution in [2.45, 2.75) is 25.7 Å². The van der Waals surface area contributed by atoms with Gasteiger partial charge in [0.2, 0.25) is 5.91 Å². The van der Waals surface area contributed by atoms with E-state index in [1.165, 1.54) is 0 Å². The van der Waals surface area contributed by atoms with E-state index in [1.54, 1.807) is 37.6 Å². The third-order valence-corrected chi connectivity index (χ3v) is 4.86. The first-order chi connectivity index (χ1) is 13.0. The topological polar surface area (TPSA) is 79.3 Å². The molecule has 0 bridgehead atoms. The fourth-order valence-corrected chi connectivity index (χ4v) is 3.28. The molecule has 0 spiro atoms. The highest BCUT2D eigenvalue weighted by Gasteiger charge is 2.25. The molecule has 2 amide bonds. The summed E-state index contributed by atoms with van der Waals surface area (Å²) in [7, 11) is 3.54. The van der Waals surface area contributed by atoms with Gasteiger partial charge in [0, 0.05) is 52.2 Å². The van der Waals surface area contributed by atoms with Crippen LogP contribution in [0, 0.1) is 5.92 Å². The summed E-state index contributed by atoms with van der Waals surface area (Å²) in [4.78, 5) is 40.9. The Hall–Kier alpha value is -2.83. The normalized spacial score (nSPS) is 16.8. The monoisotopic (exact) mass is 367 g/mol. The van der Waals surface area contributed by atoms with Crippen molar-refractivity contribution in [2.24, 2.45) is 5.92 Å². The van der Waals surface area contributed by atoms with E-state index >= 15 is 0 Å². The third-order valence-electron chi connectivity index (χ3n) is 4.86. The number of hydrogen-bond acceptors (Lipinski definition) is 5. The van der Waals surface area contributed by atoms with Gasteiger partial charge in [-0.3, -0.25) is 14.6 Å². The average molecular weight is 367 g/mol. The molecule has 0 radical (unpaired) electrons. The molecule has 1 aliphatic heterocycles. The van der Waals surface area contributed by atoms with Crippen LogP contribution in [0.4, 0.5) is 0 Å². The van der Waals surface area contributed by atoms with Crippen molar-refractivity contribution < 1.29 is 9.59 Å². The molecular formula is C20H25N5O2. The van der Waals surface area contributed by atoms with E-state index in [4.69, 9.17) is 0 Å². The van der Waals surface area contributed by atoms with Crippen LogP contribution in [0.3, 0.4) is 0 Å². The molecule has 0 aliphatic carbocycles. The number of carbonyl (C=O) groups is 2. The van der Waals surface area contributed by atoms with Gasteiger partial charge in [-0.15, -0.1) is 0 Å². The lowest BCUT2D eigenvalue weighted by molar-refractivity contribution is -0.129. The van der Waals surface area contributed by atoms with E-state index in [0.717, 1.165) is 25.8 Å². The number of carbonyl (C=O) groups excluding carboxylic acids is 2. The smallest absolute Gasteiger partial charge is 0.256 e. The Bertz CT molecular complexity index is 777. The number of amides is 2. The third kappa shape index (κ3) is 4.87. The molecule has 3 rings (SSSR count). The van der Waals surface area contributed by atoms with Gasteiger partial charge in [-0.2, -0.15) is 0 Å². The Morgan fingerprint density at radius 1 is 1.19 bits per heavy atom. The van der Waals surface area contributed by atoms with E-state index in [-0.39, 0.29) is 11.8 Å². The SMILES string of the molecule is CN(C)C(=O)CC[C@H]1CCCN(C(=O)c2cnc(-c3ccccn3)nc2)C1. The summed E-state index contributed by atoms with van der Waals surface area (Å²) in [5, 5.41) is 0. The minimum Gasteiger partial charge on any atom is -0.349 e. The maximum Gasteiger partial charge on any atom is 0.256 e. The highest BCUT2D eigenvalue weighted by Crippen LogP contribution is 2.23. The van der Waals surface area contributed by atoms with Crippen molar-refractivity contribution in [1.29, 1.82) is 0 Å². The van der Waals surface area contributed by atoms with Crippen molar-refractivity contribution in [1.82, 2.24) is 24.8 Å². The summed E-state index contributed by atoms with van der Waals surface area (Å²) in [6.07, 6.45) is 8.18. The number of aromatic nitrogens is 3. The molecule has 2 aromatic heterocycles. The second kappa shape index (κ2) is 8.70. The van der Waals surface area contributed by atoms with Crippen molar-refractivity contribution in [2.75, 3.05) is 27.2 Å². The molecule has 1 saturated heterocycles. The summed E-state index contributed by atoms with van der Waals surface area (Å²) in [5.74, 6) is 0.953. The van der Waals surface area contributed by atoms with Gasteiger partial charge < -0.3 is 9.80 Å². The van der Waals surface area contributed by atoms with Crippen LogP contribution in [-0.4, -0.2) is 63.8 Å². The van der Waals surface area contributed by atoms with Crippen LogP contribution in [0.5, 0.6) is 0 Å². The van der Waals surface area contributed by atoms with Crippen molar-refractivity contribution in [3.05, 3.63) is 42.4 Å². The maximum atomic E-state index is 12.8. The minimum atomic E-state index is -0.0498. The quantitative estimate of drug-likeness (QED) is 0.810. The average Bonchev–Trinajstić information content (AvgIpc) is 2.72. The molecule has 0 unspecified atom stereocenters. The molecule has 0 N–H and O–H groups in total. The molecule has 27 heavy (non-hydrogen) atoms. The summed E-state index contributed by atoms with van der Waals surface area (Å²) >= 11 is 0. The lowest BCUT2D eigenvalue weighted by Gasteiger charge is -2.32. The lowest BCUT2D eigenvalue weighted by Crippen LogP contribution is -2.40. The molecule has 1 aliphatic rings. The van der Waals surface area contributed by atoms with Crippen molar-refractivity contribution in [3.8, 4) is 11.5 Å². The number of nitrogens with zero attached hydrogens (tertiary/aromatic N) is 5. The van der Waals surface area contributed by atoms with E-state index < -0.39 is 0 Å². The summed E-state index contributed by atoms with van der Waals surface area (Å²) in [6, 6.07) is 5.54. The van der Waals surface area contributed by atoms with Gasteiger partial charge in [0.05, 0.1) is 5.56 Å². The summed E-state index contributed by atoms with van der Waals surface area (Å²) in [5.41, 5.74) is 1.17. The number of pyridine rings is 1. The highest BCUT2D eigenvalue weighted by molar-refractivity contribution is 5.93. The first-order valence-electron chi connectivity index (χ1n) is 9.27. The number of likely N-dealkylation sites (tertiary alicyclic amines) is 1. The first-order valence-corrected chi connectivity index (χ1v) is 9.27. The predicted molar refractivity (Wildman–Crippen MR) is 102 cm³/mol. The minimum absolute atomic E-state index is 0.0498. The Labute approximate surface area is 159 Å². The predicted octanol–water partition coefficient (Wildman–Crippen LogP) is 2.26. The van der Waals surface area contributed by atoms with E-state index in [2.05, 4.69) is 15.0 Å². The fraction of sp³-hybridized carbons (Fsp3) is 0.450. The summed E-state index contributed by atoms with van der Waals surface area (Å²) in [6.45, 7) is 1.42. The molecular weight excluding hydrogens is 342 g/mol. The van der Waals surface area contributed by atoms with Crippen LogP contribution in [0.2, 0.25) is 0 Å². The molecule has 0 aromatic carbocycles. The second-order valence-electron chi connectivity index (χ2n) is 7.10. The molecule has 7 heteroatoms. The molecule has 0 saturated carbocycles. The van der Waals surface area contributed by atoms with E-state index in [0.29, 0.717) is 36.0 Å². The van der Waals surface area contributed by atoms with Crippen LogP contribution in [-0.2, 0) is 4.79 Å². The zero-order chi connectivity index (χ0) is 19.2. The number of rotatable bonds is 5. The Kier molecular flexibility index (Phi) is 6.11. The van der Waals surface area contributed by atoms with E-state index in [1.807, 2.05) is 23.1 Å². The van der Waals surface area contributed by atoms with Crippen LogP contribution < -0.4 is 0 Å². The Morgan fingerprint density at radius 2 is 1.96 bits per heavy atom. The zero-order valence-corrected chi connectivity index (χ0v) is 15.8. The van der Waals surface area contributed by atoms with Crippen molar-refractivity contribution in [3.63, 3.8) is 0 Å². The molecule has 3 heterocycles. The highest BCUT2D eigenvalue weighted by atomic mass is 16.2.